The van der Waals surface area contributed by atoms with Crippen molar-refractivity contribution in [3.63, 3.8) is 0 Å². The number of nitrogens with one attached hydrogen (secondary N) is 1. The Labute approximate surface area is 564 Å². The molecule has 5 heterocycles. The number of piperazine rings is 1. The summed E-state index contributed by atoms with van der Waals surface area (Å²) in [6.07, 6.45) is 7.80. The molecule has 5 aliphatic heterocycles. The van der Waals surface area contributed by atoms with E-state index < -0.39 is 80.0 Å². The summed E-state index contributed by atoms with van der Waals surface area (Å²) in [5, 5.41) is -1.80. The Kier molecular flexibility index (Phi) is 45.2. The standard InChI is InChI=1S/C10H22N2O2S.C9H19NO2S.C8H18N2O2S.C7H15NO3S.C7H15NO2S.C7H17NO2S.C5H13NO2S.C4H11NO2S/c1-9(2)12-7-5-10(6-8-12)15(13,14)11(3)4;1-8(2)10-6-4-9(5-7-10)13(3,11)12;1-8(2)9-4-6-10(7-5-9)13(3,11)12;1-7(2)12(9,10)8-3-5-11-6-4-8;1-7(2)11(9,10)8-5-3-4-6-8;1-5-8(6-2)11(9,10)7(3)4;1-5(2)9(7,8)6(3)4;1-4(2)8(6,7)5-3/h9-10H,5-8H2,1-4H3;8-9H,4-7H2,1-3H3;8H,4-7H2,1-3H3;7H,3-6H2,1-2H3;7H,3-6H2,1-2H3;7H,5-6H2,1-4H3;5H,1-4H3;4-5H,1-3H3. The van der Waals surface area contributed by atoms with Gasteiger partial charge in [0.1, 0.15) is 9.84 Å². The molecule has 0 saturated carbocycles. The number of sulfonamides is 7. The predicted octanol–water partition coefficient (Wildman–Crippen LogP) is 3.80. The van der Waals surface area contributed by atoms with E-state index in [0.29, 0.717) is 70.6 Å². The zero-order chi connectivity index (χ0) is 72.9. The van der Waals surface area contributed by atoms with E-state index in [9.17, 15) is 67.3 Å². The van der Waals surface area contributed by atoms with E-state index in [1.54, 1.807) is 91.9 Å². The molecule has 0 spiro atoms. The highest BCUT2D eigenvalue weighted by Gasteiger charge is 2.33. The van der Waals surface area contributed by atoms with Gasteiger partial charge in [0.15, 0.2) is 0 Å². The van der Waals surface area contributed by atoms with Crippen molar-refractivity contribution in [2.45, 2.75) is 218 Å². The fourth-order valence-corrected chi connectivity index (χ4v) is 17.8. The van der Waals surface area contributed by atoms with Crippen LogP contribution in [0.2, 0.25) is 0 Å². The van der Waals surface area contributed by atoms with Crippen LogP contribution in [0, 0.1) is 0 Å². The second kappa shape index (κ2) is 43.6. The zero-order valence-electron chi connectivity index (χ0n) is 61.1. The van der Waals surface area contributed by atoms with Gasteiger partial charge in [0.05, 0.1) is 56.2 Å². The average molecular weight is 1480 g/mol. The quantitative estimate of drug-likeness (QED) is 0.192. The first-order valence-electron chi connectivity index (χ1n) is 32.3. The molecule has 5 aliphatic rings. The highest BCUT2D eigenvalue weighted by atomic mass is 32.2. The summed E-state index contributed by atoms with van der Waals surface area (Å²) in [4.78, 5) is 6.96. The molecule has 0 amide bonds. The van der Waals surface area contributed by atoms with E-state index >= 15 is 0 Å². The molecule has 0 aliphatic carbocycles. The first-order chi connectivity index (χ1) is 41.6. The lowest BCUT2D eigenvalue weighted by molar-refractivity contribution is 0.0727. The van der Waals surface area contributed by atoms with Gasteiger partial charge in [0, 0.05) is 118 Å². The first kappa shape index (κ1) is 95.3. The van der Waals surface area contributed by atoms with Gasteiger partial charge >= 0.3 is 0 Å². The van der Waals surface area contributed by atoms with Gasteiger partial charge in [0.25, 0.3) is 0 Å². The van der Waals surface area contributed by atoms with Crippen LogP contribution in [0.25, 0.3) is 0 Å². The minimum Gasteiger partial charge on any atom is -0.379 e. The number of rotatable bonds is 19. The summed E-state index contributed by atoms with van der Waals surface area (Å²) >= 11 is 0. The number of hydrogen-bond donors (Lipinski definition) is 1. The van der Waals surface area contributed by atoms with E-state index in [1.165, 1.54) is 50.9 Å². The number of piperidine rings is 2. The molecule has 5 rings (SSSR count). The van der Waals surface area contributed by atoms with Crippen molar-refractivity contribution >= 4 is 80.0 Å². The molecule has 0 bridgehead atoms. The third kappa shape index (κ3) is 34.8. The lowest BCUT2D eigenvalue weighted by Gasteiger charge is -2.35. The number of sulfone groups is 1. The molecule has 92 heavy (non-hydrogen) atoms. The van der Waals surface area contributed by atoms with Gasteiger partial charge < -0.3 is 14.5 Å². The molecule has 0 unspecified atom stereocenters. The van der Waals surface area contributed by atoms with Crippen LogP contribution < -0.4 is 4.72 Å². The number of likely N-dealkylation sites (tertiary alicyclic amines) is 2. The number of morpholine rings is 1. The van der Waals surface area contributed by atoms with Gasteiger partial charge in [-0.2, -0.15) is 8.61 Å². The Bertz CT molecular complexity index is 2840. The average Bonchev–Trinajstić information content (AvgIpc) is 1.00. The van der Waals surface area contributed by atoms with Crippen LogP contribution in [0.3, 0.4) is 0 Å². The molecular formula is C57H130N10O17S8. The van der Waals surface area contributed by atoms with Gasteiger partial charge in [-0.15, -0.1) is 0 Å². The second-order valence-electron chi connectivity index (χ2n) is 25.8. The van der Waals surface area contributed by atoms with Crippen molar-refractivity contribution in [3.05, 3.63) is 0 Å². The van der Waals surface area contributed by atoms with Gasteiger partial charge in [-0.05, 0) is 183 Å². The molecule has 0 aromatic carbocycles. The Morgan fingerprint density at radius 2 is 0.728 bits per heavy atom. The zero-order valence-corrected chi connectivity index (χ0v) is 67.6. The lowest BCUT2D eigenvalue weighted by Crippen LogP contribution is -2.50. The SMILES string of the molecule is CC(C)N1CCC(S(=O)(=O)N(C)C)CC1.CC(C)N1CCC(S(C)(=O)=O)CC1.CC(C)N1CCN(S(C)(=O)=O)CC1.CC(C)S(=O)(=O)N(C)C.CC(C)S(=O)(=O)N1CCCC1.CC(C)S(=O)(=O)N1CCOCC1.CCN(CC)S(=O)(=O)C(C)C.CNS(=O)(=O)C(C)C. The minimum absolute atomic E-state index is 0.0949. The van der Waals surface area contributed by atoms with Crippen LogP contribution >= 0.6 is 0 Å². The van der Waals surface area contributed by atoms with Crippen LogP contribution in [0.4, 0.5) is 0 Å². The summed E-state index contributed by atoms with van der Waals surface area (Å²) in [6, 6.07) is 1.58. The maximum atomic E-state index is 11.9. The lowest BCUT2D eigenvalue weighted by atomic mass is 10.1. The predicted molar refractivity (Wildman–Crippen MR) is 379 cm³/mol. The highest BCUT2D eigenvalue weighted by molar-refractivity contribution is 7.92. The molecule has 558 valence electrons. The van der Waals surface area contributed by atoms with Crippen molar-refractivity contribution in [2.24, 2.45) is 0 Å². The summed E-state index contributed by atoms with van der Waals surface area (Å²) < 4.78 is 197. The maximum Gasteiger partial charge on any atom is 0.216 e. The molecule has 0 radical (unpaired) electrons. The van der Waals surface area contributed by atoms with E-state index in [2.05, 4.69) is 61.0 Å². The van der Waals surface area contributed by atoms with Crippen LogP contribution in [0.5, 0.6) is 0 Å². The molecule has 35 heteroatoms. The van der Waals surface area contributed by atoms with Crippen molar-refractivity contribution in [1.82, 2.24) is 45.3 Å². The van der Waals surface area contributed by atoms with Crippen LogP contribution in [-0.2, 0) is 84.7 Å². The van der Waals surface area contributed by atoms with E-state index in [0.717, 1.165) is 90.9 Å². The summed E-state index contributed by atoms with van der Waals surface area (Å²) in [6.45, 7) is 44.7. The maximum absolute atomic E-state index is 11.9. The topological polar surface area (TPSA) is 324 Å². The van der Waals surface area contributed by atoms with Crippen LogP contribution in [0.15, 0.2) is 0 Å². The van der Waals surface area contributed by atoms with Gasteiger partial charge in [-0.3, -0.25) is 4.90 Å². The third-order valence-corrected chi connectivity index (χ3v) is 32.4. The minimum atomic E-state index is -3.05. The fraction of sp³-hybridized carbons (Fsp3) is 1.00. The highest BCUT2D eigenvalue weighted by Crippen LogP contribution is 2.22. The number of nitrogens with zero attached hydrogens (tertiary/aromatic N) is 9. The molecule has 1 N–H and O–H groups in total. The number of hydrogen-bond acceptors (Lipinski definition) is 20. The fourth-order valence-electron chi connectivity index (χ4n) is 9.24. The van der Waals surface area contributed by atoms with Crippen molar-refractivity contribution in [2.75, 3.05) is 153 Å². The number of ether oxygens (including phenoxy) is 1. The van der Waals surface area contributed by atoms with Crippen molar-refractivity contribution in [3.8, 4) is 0 Å². The Morgan fingerprint density at radius 3 is 0.946 bits per heavy atom. The Hall–Kier alpha value is -0.840. The Morgan fingerprint density at radius 1 is 0.402 bits per heavy atom. The van der Waals surface area contributed by atoms with Gasteiger partial charge in [0.2, 0.25) is 70.2 Å². The third-order valence-electron chi connectivity index (χ3n) is 16.0. The van der Waals surface area contributed by atoms with Crippen LogP contribution in [0.1, 0.15) is 163 Å². The normalized spacial score (nSPS) is 19.1. The molecule has 0 atom stereocenters. The van der Waals surface area contributed by atoms with Crippen LogP contribution in [-0.4, -0.2) is 315 Å². The largest absolute Gasteiger partial charge is 0.379 e. The monoisotopic (exact) mass is 1480 g/mol. The molecule has 0 aromatic rings. The van der Waals surface area contributed by atoms with Gasteiger partial charge in [-0.25, -0.2) is 89.3 Å². The summed E-state index contributed by atoms with van der Waals surface area (Å²) in [5.74, 6) is 0. The molecule has 5 fully saturated rings. The molecule has 0 aromatic heterocycles. The first-order valence-corrected chi connectivity index (χ1v) is 45.2. The molecular weight excluding hydrogens is 1350 g/mol. The van der Waals surface area contributed by atoms with Crippen molar-refractivity contribution in [1.29, 1.82) is 0 Å². The van der Waals surface area contributed by atoms with E-state index in [-0.39, 0.29) is 36.7 Å². The molecule has 27 nitrogen and oxygen atoms in total. The summed E-state index contributed by atoms with van der Waals surface area (Å²) in [7, 11) is -16.1. The molecule has 5 saturated heterocycles. The summed E-state index contributed by atoms with van der Waals surface area (Å²) in [5.41, 5.74) is 0. The smallest absolute Gasteiger partial charge is 0.216 e. The second-order valence-corrected chi connectivity index (χ2v) is 45.1. The van der Waals surface area contributed by atoms with Gasteiger partial charge in [-0.1, -0.05) is 13.8 Å². The van der Waals surface area contributed by atoms with E-state index in [4.69, 9.17) is 4.74 Å². The van der Waals surface area contributed by atoms with E-state index in [1.807, 2.05) is 13.8 Å². The Balaban J connectivity index is -0.000000990. The van der Waals surface area contributed by atoms with Crippen molar-refractivity contribution < 1.29 is 72.1 Å².